The first kappa shape index (κ1) is 24.0. The van der Waals surface area contributed by atoms with Gasteiger partial charge in [0.2, 0.25) is 0 Å². The number of alkyl halides is 6. The molecule has 0 saturated carbocycles. The number of rotatable bonds is 5. The Balaban J connectivity index is 3.23. The lowest BCUT2D eigenvalue weighted by Crippen LogP contribution is -2.63. The van der Waals surface area contributed by atoms with Crippen molar-refractivity contribution < 1.29 is 59.1 Å². The van der Waals surface area contributed by atoms with Gasteiger partial charge in [-0.25, -0.2) is 13.2 Å². The molecule has 2 N–H and O–H groups in total. The fourth-order valence-corrected chi connectivity index (χ4v) is 2.68. The highest BCUT2D eigenvalue weighted by Gasteiger charge is 2.73. The van der Waals surface area contributed by atoms with E-state index in [1.165, 1.54) is 0 Å². The van der Waals surface area contributed by atoms with Gasteiger partial charge < -0.3 is 19.5 Å². The molecule has 7 nitrogen and oxygen atoms in total. The summed E-state index contributed by atoms with van der Waals surface area (Å²) in [6.07, 6.45) is -14.5. The third kappa shape index (κ3) is 4.50. The van der Waals surface area contributed by atoms with Crippen molar-refractivity contribution in [1.82, 2.24) is 0 Å². The number of benzene rings is 1. The maximum absolute atomic E-state index is 12.9. The summed E-state index contributed by atoms with van der Waals surface area (Å²) in [5.41, 5.74) is -6.21. The van der Waals surface area contributed by atoms with E-state index in [1.807, 2.05) is 0 Å². The minimum atomic E-state index is -6.16. The summed E-state index contributed by atoms with van der Waals surface area (Å²) in [4.78, 5) is 11.0. The van der Waals surface area contributed by atoms with Gasteiger partial charge in [0.25, 0.3) is 5.60 Å². The number of carbonyl (C=O) groups is 1. The van der Waals surface area contributed by atoms with Crippen LogP contribution in [0, 0.1) is 5.92 Å². The molecule has 0 radical (unpaired) electrons. The Labute approximate surface area is 154 Å². The number of carbonyl (C=O) groups excluding carboxylic acids is 1. The average molecular weight is 439 g/mol. The summed E-state index contributed by atoms with van der Waals surface area (Å²) in [5, 5.41) is 18.8. The first-order valence-electron chi connectivity index (χ1n) is 7.19. The Morgan fingerprint density at radius 1 is 1.11 bits per heavy atom. The summed E-state index contributed by atoms with van der Waals surface area (Å²) < 4.78 is 114. The predicted molar refractivity (Wildman–Crippen MR) is 77.2 cm³/mol. The van der Waals surface area contributed by atoms with E-state index in [-0.39, 0.29) is 0 Å². The summed E-state index contributed by atoms with van der Waals surface area (Å²) in [6.45, 7) is 0.952. The molecule has 2 atom stereocenters. The van der Waals surface area contributed by atoms with Crippen molar-refractivity contribution in [3.05, 3.63) is 23.8 Å². The van der Waals surface area contributed by atoms with Crippen molar-refractivity contribution in [3.63, 3.8) is 0 Å². The minimum absolute atomic E-state index is 0.331. The van der Waals surface area contributed by atoms with Crippen LogP contribution in [0.3, 0.4) is 0 Å². The molecule has 2 unspecified atom stereocenters. The quantitative estimate of drug-likeness (QED) is 0.410. The number of aromatic hydroxyl groups is 1. The summed E-state index contributed by atoms with van der Waals surface area (Å²) in [7, 11) is -5.09. The van der Waals surface area contributed by atoms with Gasteiger partial charge in [-0.1, -0.05) is 6.92 Å². The van der Waals surface area contributed by atoms with E-state index < -0.39 is 62.3 Å². The topological polar surface area (TPSA) is 124 Å². The molecule has 0 spiro atoms. The third-order valence-electron chi connectivity index (χ3n) is 4.00. The van der Waals surface area contributed by atoms with Crippen LogP contribution in [0.1, 0.15) is 24.2 Å². The van der Waals surface area contributed by atoms with Crippen LogP contribution in [0.4, 0.5) is 26.3 Å². The number of ether oxygens (including phenoxy) is 1. The Morgan fingerprint density at radius 3 is 1.96 bits per heavy atom. The lowest BCUT2D eigenvalue weighted by atomic mass is 9.83. The van der Waals surface area contributed by atoms with Crippen LogP contribution in [0.15, 0.2) is 23.1 Å². The molecule has 0 aromatic heterocycles. The number of hydrogen-bond donors (Lipinski definition) is 2. The Kier molecular flexibility index (Phi) is 6.34. The Morgan fingerprint density at radius 2 is 1.57 bits per heavy atom. The smallest absolute Gasteiger partial charge is 0.426 e. The van der Waals surface area contributed by atoms with Gasteiger partial charge in [0.15, 0.2) is 0 Å². The summed E-state index contributed by atoms with van der Waals surface area (Å²) >= 11 is 0. The number of halogens is 6. The van der Waals surface area contributed by atoms with Gasteiger partial charge in [-0.15, -0.1) is 0 Å². The summed E-state index contributed by atoms with van der Waals surface area (Å²) in [5.74, 6) is -5.40. The van der Waals surface area contributed by atoms with Crippen LogP contribution in [-0.4, -0.2) is 53.2 Å². The molecule has 0 heterocycles. The highest BCUT2D eigenvalue weighted by molar-refractivity contribution is 7.85. The zero-order chi connectivity index (χ0) is 22.3. The predicted octanol–water partition coefficient (Wildman–Crippen LogP) is 2.33. The normalized spacial score (nSPS) is 15.8. The molecule has 0 aliphatic heterocycles. The van der Waals surface area contributed by atoms with Crippen molar-refractivity contribution in [1.29, 1.82) is 0 Å². The molecule has 14 heteroatoms. The van der Waals surface area contributed by atoms with Crippen molar-refractivity contribution in [2.45, 2.75) is 42.8 Å². The Hall–Kier alpha value is -2.06. The number of phenolic OH excluding ortho intramolecular Hbond substituents is 1. The number of aliphatic hydroxyl groups is 1. The van der Waals surface area contributed by atoms with Crippen molar-refractivity contribution in [3.8, 4) is 5.75 Å². The van der Waals surface area contributed by atoms with E-state index in [1.54, 1.807) is 0 Å². The highest BCUT2D eigenvalue weighted by atomic mass is 32.2. The zero-order valence-electron chi connectivity index (χ0n) is 14.0. The Bertz CT molecular complexity index is 833. The molecule has 0 aliphatic carbocycles. The molecule has 0 aliphatic rings. The zero-order valence-corrected chi connectivity index (χ0v) is 14.8. The van der Waals surface area contributed by atoms with Gasteiger partial charge >= 0.3 is 18.3 Å². The van der Waals surface area contributed by atoms with E-state index in [4.69, 9.17) is 0 Å². The second-order valence-electron chi connectivity index (χ2n) is 5.79. The maximum Gasteiger partial charge on any atom is 0.426 e. The third-order valence-corrected chi connectivity index (χ3v) is 4.83. The fourth-order valence-electron chi connectivity index (χ4n) is 2.19. The van der Waals surface area contributed by atoms with Crippen LogP contribution in [-0.2, 0) is 14.9 Å². The second-order valence-corrected chi connectivity index (χ2v) is 7.17. The molecule has 1 rings (SSSR count). The first-order valence-corrected chi connectivity index (χ1v) is 8.60. The van der Waals surface area contributed by atoms with Crippen LogP contribution in [0.5, 0.6) is 5.75 Å². The van der Waals surface area contributed by atoms with Gasteiger partial charge in [0.1, 0.15) is 27.5 Å². The molecule has 1 aromatic rings. The lowest BCUT2D eigenvalue weighted by molar-refractivity contribution is -0.388. The number of esters is 1. The van der Waals surface area contributed by atoms with Gasteiger partial charge in [-0.3, -0.25) is 0 Å². The van der Waals surface area contributed by atoms with Crippen LogP contribution in [0.2, 0.25) is 0 Å². The monoisotopic (exact) mass is 439 g/mol. The highest BCUT2D eigenvalue weighted by Crippen LogP contribution is 2.49. The SMILES string of the molecule is CC(OC(=O)c1cc(S(=O)(=O)[O-])ccc1O)C(C)C(O)(C(F)(F)F)C(F)(F)F. The van der Waals surface area contributed by atoms with Gasteiger partial charge in [0, 0.05) is 5.92 Å². The molecule has 0 amide bonds. The van der Waals surface area contributed by atoms with Crippen molar-refractivity contribution >= 4 is 16.1 Å². The van der Waals surface area contributed by atoms with Gasteiger partial charge in [-0.2, -0.15) is 26.3 Å². The summed E-state index contributed by atoms with van der Waals surface area (Å²) in [6, 6.07) is 1.56. The molecular formula is C14H13F6O7S-. The molecule has 0 fully saturated rings. The standard InChI is InChI=1S/C14H14F6O7S/c1-6(12(23,13(15,16)17)14(18,19)20)7(2)27-11(22)9-5-8(28(24,25)26)3-4-10(9)21/h3-7,21,23H,1-2H3,(H,24,25,26)/p-1. The molecule has 0 saturated heterocycles. The van der Waals surface area contributed by atoms with E-state index in [0.29, 0.717) is 32.0 Å². The second kappa shape index (κ2) is 7.40. The fraction of sp³-hybridized carbons (Fsp3) is 0.500. The van der Waals surface area contributed by atoms with E-state index in [9.17, 15) is 54.3 Å². The maximum atomic E-state index is 12.9. The largest absolute Gasteiger partial charge is 0.744 e. The van der Waals surface area contributed by atoms with Crippen LogP contribution in [0.25, 0.3) is 0 Å². The first-order chi connectivity index (χ1) is 12.3. The number of hydrogen-bond acceptors (Lipinski definition) is 7. The van der Waals surface area contributed by atoms with Crippen LogP contribution >= 0.6 is 0 Å². The van der Waals surface area contributed by atoms with E-state index in [0.717, 1.165) is 0 Å². The number of phenols is 1. The minimum Gasteiger partial charge on any atom is -0.744 e. The van der Waals surface area contributed by atoms with Crippen LogP contribution < -0.4 is 0 Å². The van der Waals surface area contributed by atoms with Gasteiger partial charge in [0.05, 0.1) is 4.90 Å². The molecule has 28 heavy (non-hydrogen) atoms. The molecule has 0 bridgehead atoms. The molecule has 1 aromatic carbocycles. The van der Waals surface area contributed by atoms with Crippen molar-refractivity contribution in [2.24, 2.45) is 5.92 Å². The average Bonchev–Trinajstić information content (AvgIpc) is 2.50. The molecule has 160 valence electrons. The molecular weight excluding hydrogens is 426 g/mol. The van der Waals surface area contributed by atoms with E-state index in [2.05, 4.69) is 4.74 Å². The lowest BCUT2D eigenvalue weighted by Gasteiger charge is -2.39. The van der Waals surface area contributed by atoms with Crippen molar-refractivity contribution in [2.75, 3.05) is 0 Å². The van der Waals surface area contributed by atoms with Gasteiger partial charge in [-0.05, 0) is 25.1 Å². The van der Waals surface area contributed by atoms with E-state index >= 15 is 0 Å².